The zero-order valence-electron chi connectivity index (χ0n) is 19.7. The zero-order chi connectivity index (χ0) is 25.7. The summed E-state index contributed by atoms with van der Waals surface area (Å²) in [6.07, 6.45) is 1.39. The molecule has 0 bridgehead atoms. The molecular formula is C26H24N4O5S. The lowest BCUT2D eigenvalue weighted by Crippen LogP contribution is -2.25. The first-order chi connectivity index (χ1) is 17.4. The molecule has 0 fully saturated rings. The van der Waals surface area contributed by atoms with E-state index in [0.717, 1.165) is 22.2 Å². The highest BCUT2D eigenvalue weighted by Crippen LogP contribution is 2.24. The summed E-state index contributed by atoms with van der Waals surface area (Å²) < 4.78 is 6.16. The number of thiazole rings is 1. The van der Waals surface area contributed by atoms with Crippen LogP contribution in [-0.2, 0) is 11.2 Å². The summed E-state index contributed by atoms with van der Waals surface area (Å²) in [6.45, 7) is 3.89. The SMILES string of the molecule is CCCc1cc(=O)n2c(C(=O)Nc3cccc(C(=O)OCC)c3)c(C(=O)Nc3ccccc3)sc2n1. The van der Waals surface area contributed by atoms with Crippen LogP contribution in [0, 0.1) is 0 Å². The van der Waals surface area contributed by atoms with Crippen LogP contribution in [0.2, 0.25) is 0 Å². The normalized spacial score (nSPS) is 10.7. The van der Waals surface area contributed by atoms with Crippen molar-refractivity contribution in [2.24, 2.45) is 0 Å². The molecule has 0 unspecified atom stereocenters. The quantitative estimate of drug-likeness (QED) is 0.344. The Bertz CT molecular complexity index is 1490. The van der Waals surface area contributed by atoms with Gasteiger partial charge < -0.3 is 15.4 Å². The van der Waals surface area contributed by atoms with Crippen molar-refractivity contribution in [1.29, 1.82) is 0 Å². The van der Waals surface area contributed by atoms with Crippen LogP contribution in [0.5, 0.6) is 0 Å². The van der Waals surface area contributed by atoms with Crippen LogP contribution >= 0.6 is 11.3 Å². The summed E-state index contributed by atoms with van der Waals surface area (Å²) in [5, 5.41) is 5.46. The molecule has 0 atom stereocenters. The van der Waals surface area contributed by atoms with Crippen molar-refractivity contribution in [1.82, 2.24) is 9.38 Å². The summed E-state index contributed by atoms with van der Waals surface area (Å²) in [7, 11) is 0. The predicted molar refractivity (Wildman–Crippen MR) is 138 cm³/mol. The summed E-state index contributed by atoms with van der Waals surface area (Å²) in [5.41, 5.74) is 1.11. The molecule has 0 spiro atoms. The van der Waals surface area contributed by atoms with Crippen LogP contribution < -0.4 is 16.2 Å². The number of fused-ring (bicyclic) bond motifs is 1. The van der Waals surface area contributed by atoms with Crippen LogP contribution in [0.3, 0.4) is 0 Å². The van der Waals surface area contributed by atoms with Gasteiger partial charge in [0.2, 0.25) is 0 Å². The lowest BCUT2D eigenvalue weighted by molar-refractivity contribution is 0.0526. The number of hydrogen-bond donors (Lipinski definition) is 2. The maximum absolute atomic E-state index is 13.4. The summed E-state index contributed by atoms with van der Waals surface area (Å²) >= 11 is 0.964. The largest absolute Gasteiger partial charge is 0.462 e. The average molecular weight is 505 g/mol. The highest BCUT2D eigenvalue weighted by molar-refractivity contribution is 7.19. The molecule has 0 saturated carbocycles. The maximum atomic E-state index is 13.4. The van der Waals surface area contributed by atoms with Crippen molar-refractivity contribution in [3.63, 3.8) is 0 Å². The molecule has 2 aromatic carbocycles. The molecule has 2 heterocycles. The van der Waals surface area contributed by atoms with E-state index in [1.165, 1.54) is 12.1 Å². The van der Waals surface area contributed by atoms with Crippen molar-refractivity contribution in [3.05, 3.63) is 92.8 Å². The number of ether oxygens (including phenoxy) is 1. The Kier molecular flexibility index (Phi) is 7.55. The first-order valence-electron chi connectivity index (χ1n) is 11.4. The van der Waals surface area contributed by atoms with Crippen molar-refractivity contribution in [2.45, 2.75) is 26.7 Å². The number of rotatable bonds is 8. The van der Waals surface area contributed by atoms with Gasteiger partial charge in [-0.05, 0) is 43.7 Å². The number of para-hydroxylation sites is 1. The Morgan fingerprint density at radius 1 is 0.944 bits per heavy atom. The molecule has 10 heteroatoms. The molecule has 9 nitrogen and oxygen atoms in total. The van der Waals surface area contributed by atoms with Crippen LogP contribution in [0.4, 0.5) is 11.4 Å². The number of esters is 1. The Morgan fingerprint density at radius 3 is 2.39 bits per heavy atom. The number of aromatic nitrogens is 2. The van der Waals surface area contributed by atoms with Gasteiger partial charge in [0, 0.05) is 23.1 Å². The lowest BCUT2D eigenvalue weighted by Gasteiger charge is -2.09. The van der Waals surface area contributed by atoms with Crippen LogP contribution in [0.15, 0.2) is 65.5 Å². The second-order valence-corrected chi connectivity index (χ2v) is 8.79. The molecule has 2 N–H and O–H groups in total. The van der Waals surface area contributed by atoms with E-state index in [0.29, 0.717) is 23.5 Å². The van der Waals surface area contributed by atoms with Gasteiger partial charge in [0.15, 0.2) is 4.96 Å². The molecule has 2 aromatic heterocycles. The summed E-state index contributed by atoms with van der Waals surface area (Å²) in [5.74, 6) is -1.76. The number of carbonyl (C=O) groups excluding carboxylic acids is 3. The fraction of sp³-hybridized carbons (Fsp3) is 0.192. The van der Waals surface area contributed by atoms with Crippen molar-refractivity contribution >= 4 is 45.5 Å². The van der Waals surface area contributed by atoms with E-state index < -0.39 is 23.3 Å². The van der Waals surface area contributed by atoms with E-state index in [-0.39, 0.29) is 27.7 Å². The number of amides is 2. The fourth-order valence-corrected chi connectivity index (χ4v) is 4.65. The third-order valence-electron chi connectivity index (χ3n) is 5.16. The van der Waals surface area contributed by atoms with Crippen molar-refractivity contribution in [2.75, 3.05) is 17.2 Å². The Balaban J connectivity index is 1.76. The molecule has 4 aromatic rings. The van der Waals surface area contributed by atoms with Gasteiger partial charge in [-0.1, -0.05) is 48.9 Å². The molecule has 0 aliphatic heterocycles. The van der Waals surface area contributed by atoms with E-state index in [1.807, 2.05) is 13.0 Å². The minimum Gasteiger partial charge on any atom is -0.462 e. The van der Waals surface area contributed by atoms with Gasteiger partial charge in [0.25, 0.3) is 17.4 Å². The number of benzene rings is 2. The van der Waals surface area contributed by atoms with Crippen LogP contribution in [0.1, 0.15) is 56.5 Å². The van der Waals surface area contributed by atoms with E-state index in [1.54, 1.807) is 49.4 Å². The Hall–Kier alpha value is -4.31. The topological polar surface area (TPSA) is 119 Å². The highest BCUT2D eigenvalue weighted by atomic mass is 32.1. The van der Waals surface area contributed by atoms with Gasteiger partial charge in [0.05, 0.1) is 12.2 Å². The molecule has 0 saturated heterocycles. The van der Waals surface area contributed by atoms with Gasteiger partial charge in [-0.25, -0.2) is 14.2 Å². The van der Waals surface area contributed by atoms with Gasteiger partial charge in [0.1, 0.15) is 10.6 Å². The van der Waals surface area contributed by atoms with Gasteiger partial charge in [-0.2, -0.15) is 0 Å². The Labute approximate surface area is 210 Å². The number of hydrogen-bond acceptors (Lipinski definition) is 7. The first kappa shape index (κ1) is 24.8. The maximum Gasteiger partial charge on any atom is 0.338 e. The van der Waals surface area contributed by atoms with E-state index in [4.69, 9.17) is 4.74 Å². The minimum atomic E-state index is -0.687. The van der Waals surface area contributed by atoms with Gasteiger partial charge in [-0.15, -0.1) is 0 Å². The number of nitrogens with zero attached hydrogens (tertiary/aromatic N) is 2. The molecule has 2 amide bonds. The summed E-state index contributed by atoms with van der Waals surface area (Å²) in [4.78, 5) is 56.6. The van der Waals surface area contributed by atoms with E-state index in [9.17, 15) is 19.2 Å². The number of carbonyl (C=O) groups is 3. The third-order valence-corrected chi connectivity index (χ3v) is 6.20. The Morgan fingerprint density at radius 2 is 1.67 bits per heavy atom. The van der Waals surface area contributed by atoms with Crippen molar-refractivity contribution in [3.8, 4) is 0 Å². The second-order valence-electron chi connectivity index (χ2n) is 7.81. The van der Waals surface area contributed by atoms with E-state index in [2.05, 4.69) is 15.6 Å². The first-order valence-corrected chi connectivity index (χ1v) is 12.2. The molecule has 0 aliphatic rings. The highest BCUT2D eigenvalue weighted by Gasteiger charge is 2.26. The predicted octanol–water partition coefficient (Wildman–Crippen LogP) is 4.39. The molecule has 4 rings (SSSR count). The van der Waals surface area contributed by atoms with Crippen LogP contribution in [0.25, 0.3) is 4.96 Å². The summed E-state index contributed by atoms with van der Waals surface area (Å²) in [6, 6.07) is 16.4. The monoisotopic (exact) mass is 504 g/mol. The molecule has 36 heavy (non-hydrogen) atoms. The average Bonchev–Trinajstić information content (AvgIpc) is 3.26. The van der Waals surface area contributed by atoms with Crippen molar-refractivity contribution < 1.29 is 19.1 Å². The molecular weight excluding hydrogens is 480 g/mol. The zero-order valence-corrected chi connectivity index (χ0v) is 20.6. The van der Waals surface area contributed by atoms with E-state index >= 15 is 0 Å². The molecule has 0 aliphatic carbocycles. The number of aryl methyl sites for hydroxylation is 1. The fourth-order valence-electron chi connectivity index (χ4n) is 3.60. The second kappa shape index (κ2) is 11.0. The number of nitrogens with one attached hydrogen (secondary N) is 2. The smallest absolute Gasteiger partial charge is 0.338 e. The third kappa shape index (κ3) is 5.33. The molecule has 0 radical (unpaired) electrons. The van der Waals surface area contributed by atoms with Gasteiger partial charge >= 0.3 is 5.97 Å². The van der Waals surface area contributed by atoms with Gasteiger partial charge in [-0.3, -0.25) is 14.4 Å². The lowest BCUT2D eigenvalue weighted by atomic mass is 10.2. The minimum absolute atomic E-state index is 0.0381. The number of anilines is 2. The standard InChI is InChI=1S/C26H24N4O5S/c1-3-9-18-15-20(31)30-21(23(32)28-19-13-8-10-16(14-19)25(34)35-4-2)22(36-26(30)29-18)24(33)27-17-11-6-5-7-12-17/h5-8,10-15H,3-4,9H2,1-2H3,(H,27,33)(H,28,32). The van der Waals surface area contributed by atoms with Crippen LogP contribution in [-0.4, -0.2) is 33.8 Å². The molecule has 184 valence electrons.